The predicted molar refractivity (Wildman–Crippen MR) is 70.1 cm³/mol. The molecule has 0 aromatic heterocycles. The fraction of sp³-hybridized carbons (Fsp3) is 0.786. The largest absolute Gasteiger partial charge is 2.00 e. The summed E-state index contributed by atoms with van der Waals surface area (Å²) >= 11 is 0. The van der Waals surface area contributed by atoms with Gasteiger partial charge in [-0.05, 0) is 18.8 Å². The van der Waals surface area contributed by atoms with Crippen LogP contribution in [0, 0.1) is 20.8 Å². The minimum Gasteiger partial charge on any atom is -0.481 e. The van der Waals surface area contributed by atoms with Gasteiger partial charge in [-0.1, -0.05) is 44.9 Å². The number of rotatable bonds is 2. The average Bonchev–Trinajstić information content (AvgIpc) is 2.75. The van der Waals surface area contributed by atoms with Gasteiger partial charge in [-0.15, -0.1) is 0 Å². The van der Waals surface area contributed by atoms with E-state index in [1.807, 2.05) is 0 Å². The Hall–Kier alpha value is -0.0105. The van der Waals surface area contributed by atoms with Crippen LogP contribution in [0.3, 0.4) is 0 Å². The standard InChI is InChI=1S/C7H12O2.C5H10.2CH3.Fe/c8-7(9)5-6-3-1-2-4-6;1-2-4-5-3-1;;;/h6H,1-5H2,(H,8,9);1-5H2;2*1H3;/q;;2*-1;+2. The van der Waals surface area contributed by atoms with Crippen LogP contribution in [-0.4, -0.2) is 11.1 Å². The molecule has 2 aliphatic rings. The second-order valence-electron chi connectivity index (χ2n) is 4.52. The third kappa shape index (κ3) is 12.2. The molecule has 1 N–H and O–H groups in total. The van der Waals surface area contributed by atoms with E-state index in [1.54, 1.807) is 0 Å². The van der Waals surface area contributed by atoms with Crippen LogP contribution in [0.2, 0.25) is 0 Å². The zero-order valence-electron chi connectivity index (χ0n) is 11.4. The Kier molecular flexibility index (Phi) is 18.3. The van der Waals surface area contributed by atoms with Crippen LogP contribution in [0.25, 0.3) is 0 Å². The second-order valence-corrected chi connectivity index (χ2v) is 4.52. The molecule has 0 unspecified atom stereocenters. The zero-order chi connectivity index (χ0) is 10.2. The molecule has 2 nitrogen and oxygen atoms in total. The van der Waals surface area contributed by atoms with E-state index >= 15 is 0 Å². The molecule has 104 valence electrons. The second kappa shape index (κ2) is 14.1. The maximum absolute atomic E-state index is 10.2. The minimum atomic E-state index is -0.637. The number of hydrogen-bond donors (Lipinski definition) is 1. The van der Waals surface area contributed by atoms with Gasteiger partial charge in [0.1, 0.15) is 0 Å². The van der Waals surface area contributed by atoms with E-state index in [-0.39, 0.29) is 31.9 Å². The van der Waals surface area contributed by atoms with Crippen molar-refractivity contribution in [2.24, 2.45) is 5.92 Å². The molecule has 0 saturated heterocycles. The first-order valence-electron chi connectivity index (χ1n) is 6.01. The minimum absolute atomic E-state index is 0. The van der Waals surface area contributed by atoms with E-state index in [2.05, 4.69) is 0 Å². The fourth-order valence-electron chi connectivity index (χ4n) is 2.35. The monoisotopic (exact) mass is 284 g/mol. The van der Waals surface area contributed by atoms with Gasteiger partial charge in [-0.3, -0.25) is 4.79 Å². The predicted octanol–water partition coefficient (Wildman–Crippen LogP) is 4.50. The average molecular weight is 284 g/mol. The number of hydrogen-bond acceptors (Lipinski definition) is 1. The first-order valence-corrected chi connectivity index (χ1v) is 6.01. The van der Waals surface area contributed by atoms with Crippen molar-refractivity contribution in [2.45, 2.75) is 64.2 Å². The number of carboxylic acids is 1. The third-order valence-corrected chi connectivity index (χ3v) is 3.19. The first kappa shape index (κ1) is 22.2. The Labute approximate surface area is 118 Å². The van der Waals surface area contributed by atoms with Crippen molar-refractivity contribution in [1.82, 2.24) is 0 Å². The zero-order valence-corrected chi connectivity index (χ0v) is 12.5. The van der Waals surface area contributed by atoms with Gasteiger partial charge in [0.25, 0.3) is 0 Å². The molecule has 2 aliphatic carbocycles. The first-order chi connectivity index (χ1) is 6.79. The molecule has 0 aromatic carbocycles. The Balaban J connectivity index is -0.000000216. The van der Waals surface area contributed by atoms with Crippen molar-refractivity contribution in [3.05, 3.63) is 14.9 Å². The molecule has 3 heteroatoms. The van der Waals surface area contributed by atoms with E-state index in [1.165, 1.54) is 44.9 Å². The van der Waals surface area contributed by atoms with E-state index < -0.39 is 5.97 Å². The molecule has 17 heavy (non-hydrogen) atoms. The Morgan fingerprint density at radius 1 is 0.882 bits per heavy atom. The molecule has 0 radical (unpaired) electrons. The summed E-state index contributed by atoms with van der Waals surface area (Å²) in [7, 11) is 0. The molecule has 0 aromatic rings. The van der Waals surface area contributed by atoms with Crippen LogP contribution in [0.4, 0.5) is 0 Å². The van der Waals surface area contributed by atoms with Crippen molar-refractivity contribution in [3.63, 3.8) is 0 Å². The Morgan fingerprint density at radius 3 is 1.53 bits per heavy atom. The summed E-state index contributed by atoms with van der Waals surface area (Å²) in [6.45, 7) is 0. The third-order valence-electron chi connectivity index (χ3n) is 3.19. The molecule has 0 aliphatic heterocycles. The molecule has 2 fully saturated rings. The van der Waals surface area contributed by atoms with E-state index in [0.717, 1.165) is 12.8 Å². The normalized spacial score (nSPS) is 17.9. The van der Waals surface area contributed by atoms with Crippen molar-refractivity contribution in [1.29, 1.82) is 0 Å². The van der Waals surface area contributed by atoms with Gasteiger partial charge in [-0.2, -0.15) is 0 Å². The summed E-state index contributed by atoms with van der Waals surface area (Å²) in [5.41, 5.74) is 0. The van der Waals surface area contributed by atoms with Gasteiger partial charge in [0.05, 0.1) is 0 Å². The molecule has 0 amide bonds. The molecule has 0 spiro atoms. The summed E-state index contributed by atoms with van der Waals surface area (Å²) in [4.78, 5) is 10.2. The van der Waals surface area contributed by atoms with Crippen LogP contribution in [0.5, 0.6) is 0 Å². The smallest absolute Gasteiger partial charge is 0.481 e. The maximum Gasteiger partial charge on any atom is 2.00 e. The van der Waals surface area contributed by atoms with Crippen LogP contribution in [0.15, 0.2) is 0 Å². The van der Waals surface area contributed by atoms with Gasteiger partial charge in [0, 0.05) is 6.42 Å². The summed E-state index contributed by atoms with van der Waals surface area (Å²) in [6.07, 6.45) is 12.6. The van der Waals surface area contributed by atoms with Crippen molar-refractivity contribution in [2.75, 3.05) is 0 Å². The van der Waals surface area contributed by atoms with Crippen LogP contribution in [-0.2, 0) is 21.9 Å². The van der Waals surface area contributed by atoms with Gasteiger partial charge < -0.3 is 20.0 Å². The number of carboxylic acid groups (broad SMARTS) is 1. The SMILES string of the molecule is C1CCCC1.O=C(O)CC1CCCC1.[CH3-].[CH3-].[Fe+2]. The maximum atomic E-state index is 10.2. The molecule has 0 heterocycles. The summed E-state index contributed by atoms with van der Waals surface area (Å²) in [5.74, 6) is -0.149. The quantitative estimate of drug-likeness (QED) is 0.598. The van der Waals surface area contributed by atoms with Gasteiger partial charge in [0.15, 0.2) is 0 Å². The van der Waals surface area contributed by atoms with Crippen LogP contribution in [0.1, 0.15) is 64.2 Å². The number of carbonyl (C=O) groups is 1. The summed E-state index contributed by atoms with van der Waals surface area (Å²) in [6, 6.07) is 0. The Morgan fingerprint density at radius 2 is 1.24 bits per heavy atom. The topological polar surface area (TPSA) is 37.3 Å². The van der Waals surface area contributed by atoms with Gasteiger partial charge >= 0.3 is 23.0 Å². The molecular weight excluding hydrogens is 256 g/mol. The van der Waals surface area contributed by atoms with Gasteiger partial charge in [0.2, 0.25) is 0 Å². The summed E-state index contributed by atoms with van der Waals surface area (Å²) < 4.78 is 0. The van der Waals surface area contributed by atoms with Crippen molar-refractivity contribution >= 4 is 5.97 Å². The fourth-order valence-corrected chi connectivity index (χ4v) is 2.35. The molecule has 0 atom stereocenters. The van der Waals surface area contributed by atoms with Crippen molar-refractivity contribution in [3.8, 4) is 0 Å². The van der Waals surface area contributed by atoms with E-state index in [4.69, 9.17) is 5.11 Å². The van der Waals surface area contributed by atoms with Crippen LogP contribution < -0.4 is 0 Å². The van der Waals surface area contributed by atoms with E-state index in [0.29, 0.717) is 12.3 Å². The Bertz CT molecular complexity index is 154. The number of aliphatic carboxylic acids is 1. The molecule has 0 bridgehead atoms. The van der Waals surface area contributed by atoms with Crippen molar-refractivity contribution < 1.29 is 27.0 Å². The molecular formula is C14H28FeO2. The van der Waals surface area contributed by atoms with Gasteiger partial charge in [-0.25, -0.2) is 0 Å². The van der Waals surface area contributed by atoms with Crippen LogP contribution >= 0.6 is 0 Å². The molecule has 2 rings (SSSR count). The van der Waals surface area contributed by atoms with E-state index in [9.17, 15) is 4.79 Å². The molecule has 2 saturated carbocycles. The summed E-state index contributed by atoms with van der Waals surface area (Å²) in [5, 5.41) is 8.37.